The fourth-order valence-corrected chi connectivity index (χ4v) is 4.37. The molecule has 8 heteroatoms. The van der Waals surface area contributed by atoms with Gasteiger partial charge >= 0.3 is 5.69 Å². The SMILES string of the molecule is Cn1c(=O)n(CC(=O)NCCO)c(=O)c2c3c(sc21)CCCC3. The zero-order chi connectivity index (χ0) is 16.6. The molecule has 0 atom stereocenters. The zero-order valence-corrected chi connectivity index (χ0v) is 13.7. The summed E-state index contributed by atoms with van der Waals surface area (Å²) in [7, 11) is 1.63. The van der Waals surface area contributed by atoms with E-state index < -0.39 is 11.6 Å². The van der Waals surface area contributed by atoms with E-state index in [0.717, 1.165) is 35.8 Å². The van der Waals surface area contributed by atoms with Crippen LogP contribution in [0.4, 0.5) is 0 Å². The van der Waals surface area contributed by atoms with Crippen LogP contribution >= 0.6 is 11.3 Å². The quantitative estimate of drug-likeness (QED) is 0.804. The van der Waals surface area contributed by atoms with E-state index in [1.165, 1.54) is 20.8 Å². The summed E-state index contributed by atoms with van der Waals surface area (Å²) in [6.45, 7) is -0.411. The van der Waals surface area contributed by atoms with Crippen molar-refractivity contribution in [3.8, 4) is 0 Å². The fourth-order valence-electron chi connectivity index (χ4n) is 3.03. The number of hydrogen-bond donors (Lipinski definition) is 2. The van der Waals surface area contributed by atoms with E-state index in [1.54, 1.807) is 7.05 Å². The van der Waals surface area contributed by atoms with Crippen LogP contribution in [0.1, 0.15) is 23.3 Å². The van der Waals surface area contributed by atoms with Crippen molar-refractivity contribution in [3.05, 3.63) is 31.3 Å². The highest BCUT2D eigenvalue weighted by Crippen LogP contribution is 2.33. The van der Waals surface area contributed by atoms with Crippen LogP contribution in [0.5, 0.6) is 0 Å². The highest BCUT2D eigenvalue weighted by atomic mass is 32.1. The number of aromatic nitrogens is 2. The Labute approximate surface area is 136 Å². The molecule has 3 rings (SSSR count). The largest absolute Gasteiger partial charge is 0.395 e. The van der Waals surface area contributed by atoms with Crippen molar-refractivity contribution in [2.45, 2.75) is 32.2 Å². The summed E-state index contributed by atoms with van der Waals surface area (Å²) < 4.78 is 2.44. The van der Waals surface area contributed by atoms with Gasteiger partial charge < -0.3 is 10.4 Å². The maximum Gasteiger partial charge on any atom is 0.332 e. The van der Waals surface area contributed by atoms with Gasteiger partial charge in [-0.25, -0.2) is 4.79 Å². The summed E-state index contributed by atoms with van der Waals surface area (Å²) in [6.07, 6.45) is 3.93. The van der Waals surface area contributed by atoms with Crippen molar-refractivity contribution in [2.75, 3.05) is 13.2 Å². The predicted molar refractivity (Wildman–Crippen MR) is 88.1 cm³/mol. The van der Waals surface area contributed by atoms with Crippen molar-refractivity contribution in [3.63, 3.8) is 0 Å². The maximum absolute atomic E-state index is 12.8. The van der Waals surface area contributed by atoms with Gasteiger partial charge in [-0.1, -0.05) is 0 Å². The standard InChI is InChI=1S/C15H19N3O4S/c1-17-14-12(9-4-2-3-5-10(9)23-14)13(21)18(15(17)22)8-11(20)16-6-7-19/h19H,2-8H2,1H3,(H,16,20). The van der Waals surface area contributed by atoms with Crippen LogP contribution in [0.3, 0.4) is 0 Å². The Morgan fingerprint density at radius 2 is 2.04 bits per heavy atom. The summed E-state index contributed by atoms with van der Waals surface area (Å²) in [5.41, 5.74) is 0.170. The van der Waals surface area contributed by atoms with Crippen molar-refractivity contribution in [1.29, 1.82) is 0 Å². The molecule has 2 aromatic heterocycles. The fraction of sp³-hybridized carbons (Fsp3) is 0.533. The van der Waals surface area contributed by atoms with Crippen LogP contribution in [-0.4, -0.2) is 33.3 Å². The molecule has 0 spiro atoms. The minimum atomic E-state index is -0.486. The Bertz CT molecular complexity index is 877. The molecule has 0 aliphatic heterocycles. The second-order valence-corrected chi connectivity index (χ2v) is 6.78. The first-order valence-corrected chi connectivity index (χ1v) is 8.48. The Hall–Kier alpha value is -1.93. The molecular weight excluding hydrogens is 318 g/mol. The monoisotopic (exact) mass is 337 g/mol. The van der Waals surface area contributed by atoms with E-state index in [0.29, 0.717) is 10.2 Å². The first kappa shape index (κ1) is 15.9. The lowest BCUT2D eigenvalue weighted by Crippen LogP contribution is -2.43. The number of nitrogens with one attached hydrogen (secondary N) is 1. The van der Waals surface area contributed by atoms with Crippen molar-refractivity contribution >= 4 is 27.5 Å². The van der Waals surface area contributed by atoms with Gasteiger partial charge in [-0.15, -0.1) is 11.3 Å². The lowest BCUT2D eigenvalue weighted by Gasteiger charge is -2.11. The molecule has 0 radical (unpaired) electrons. The van der Waals surface area contributed by atoms with Gasteiger partial charge in [0.15, 0.2) is 0 Å². The summed E-state index contributed by atoms with van der Waals surface area (Å²) >= 11 is 1.51. The molecule has 124 valence electrons. The smallest absolute Gasteiger partial charge is 0.332 e. The number of carbonyl (C=O) groups excluding carboxylic acids is 1. The third-order valence-electron chi connectivity index (χ3n) is 4.17. The molecule has 0 bridgehead atoms. The number of hydrogen-bond acceptors (Lipinski definition) is 5. The first-order chi connectivity index (χ1) is 11.0. The number of fused-ring (bicyclic) bond motifs is 3. The molecule has 1 amide bonds. The molecule has 1 aliphatic carbocycles. The lowest BCUT2D eigenvalue weighted by atomic mass is 9.97. The summed E-state index contributed by atoms with van der Waals surface area (Å²) in [5.74, 6) is -0.457. The molecule has 23 heavy (non-hydrogen) atoms. The lowest BCUT2D eigenvalue weighted by molar-refractivity contribution is -0.121. The maximum atomic E-state index is 12.8. The third-order valence-corrected chi connectivity index (χ3v) is 5.54. The Balaban J connectivity index is 2.14. The highest BCUT2D eigenvalue weighted by molar-refractivity contribution is 7.18. The van der Waals surface area contributed by atoms with Crippen molar-refractivity contribution < 1.29 is 9.90 Å². The molecule has 7 nitrogen and oxygen atoms in total. The summed E-state index contributed by atoms with van der Waals surface area (Å²) in [5, 5.41) is 11.8. The molecule has 0 aromatic carbocycles. The summed E-state index contributed by atoms with van der Waals surface area (Å²) in [4.78, 5) is 38.9. The number of nitrogens with zero attached hydrogens (tertiary/aromatic N) is 2. The van der Waals surface area contributed by atoms with Gasteiger partial charge in [-0.2, -0.15) is 0 Å². The molecule has 0 saturated carbocycles. The summed E-state index contributed by atoms with van der Waals surface area (Å²) in [6, 6.07) is 0. The van der Waals surface area contributed by atoms with E-state index in [4.69, 9.17) is 5.11 Å². The first-order valence-electron chi connectivity index (χ1n) is 7.66. The molecule has 2 heterocycles. The number of thiophene rings is 1. The van der Waals surface area contributed by atoms with E-state index in [9.17, 15) is 14.4 Å². The number of aryl methyl sites for hydroxylation is 3. The van der Waals surface area contributed by atoms with E-state index in [-0.39, 0.29) is 25.3 Å². The molecule has 0 unspecified atom stereocenters. The number of aliphatic hydroxyl groups is 1. The van der Waals surface area contributed by atoms with Crippen molar-refractivity contribution in [1.82, 2.24) is 14.5 Å². The molecule has 2 aromatic rings. The average Bonchev–Trinajstić information content (AvgIpc) is 2.94. The minimum absolute atomic E-state index is 0.101. The van der Waals surface area contributed by atoms with E-state index in [2.05, 4.69) is 5.32 Å². The third kappa shape index (κ3) is 2.72. The molecule has 2 N–H and O–H groups in total. The second-order valence-electron chi connectivity index (χ2n) is 5.70. The average molecular weight is 337 g/mol. The number of carbonyl (C=O) groups is 1. The Morgan fingerprint density at radius 3 is 2.78 bits per heavy atom. The van der Waals surface area contributed by atoms with Crippen molar-refractivity contribution in [2.24, 2.45) is 7.05 Å². The predicted octanol–water partition coefficient (Wildman–Crippen LogP) is -0.251. The number of rotatable bonds is 4. The van der Waals surface area contributed by atoms with Crippen LogP contribution in [-0.2, 0) is 31.2 Å². The van der Waals surface area contributed by atoms with E-state index >= 15 is 0 Å². The van der Waals surface area contributed by atoms with Gasteiger partial charge in [0.25, 0.3) is 5.56 Å². The van der Waals surface area contributed by atoms with Gasteiger partial charge in [0.2, 0.25) is 5.91 Å². The van der Waals surface area contributed by atoms with Crippen LogP contribution in [0, 0.1) is 0 Å². The normalized spacial score (nSPS) is 14.0. The molecular formula is C15H19N3O4S. The molecule has 0 saturated heterocycles. The second kappa shape index (κ2) is 6.29. The topological polar surface area (TPSA) is 93.3 Å². The minimum Gasteiger partial charge on any atom is -0.395 e. The van der Waals surface area contributed by atoms with Gasteiger partial charge in [0.05, 0.1) is 12.0 Å². The van der Waals surface area contributed by atoms with Gasteiger partial charge in [0.1, 0.15) is 11.4 Å². The van der Waals surface area contributed by atoms with Gasteiger partial charge in [0, 0.05) is 18.5 Å². The van der Waals surface area contributed by atoms with Gasteiger partial charge in [-0.05, 0) is 31.2 Å². The van der Waals surface area contributed by atoms with Crippen LogP contribution in [0.2, 0.25) is 0 Å². The number of aliphatic hydroxyl groups excluding tert-OH is 1. The molecule has 1 aliphatic rings. The van der Waals surface area contributed by atoms with Crippen LogP contribution in [0.25, 0.3) is 10.2 Å². The Kier molecular flexibility index (Phi) is 4.36. The Morgan fingerprint density at radius 1 is 1.30 bits per heavy atom. The van der Waals surface area contributed by atoms with Gasteiger partial charge in [-0.3, -0.25) is 18.7 Å². The molecule has 0 fully saturated rings. The van der Waals surface area contributed by atoms with E-state index in [1.807, 2.05) is 0 Å². The highest BCUT2D eigenvalue weighted by Gasteiger charge is 2.23. The van der Waals surface area contributed by atoms with Crippen LogP contribution in [0.15, 0.2) is 9.59 Å². The van der Waals surface area contributed by atoms with Crippen LogP contribution < -0.4 is 16.6 Å². The number of amides is 1. The zero-order valence-electron chi connectivity index (χ0n) is 12.9.